The van der Waals surface area contributed by atoms with Crippen molar-refractivity contribution in [2.75, 3.05) is 5.32 Å². The average molecular weight is 390 g/mol. The van der Waals surface area contributed by atoms with Gasteiger partial charge in [-0.3, -0.25) is 14.3 Å². The Morgan fingerprint density at radius 3 is 2.86 bits per heavy atom. The van der Waals surface area contributed by atoms with E-state index in [0.29, 0.717) is 28.8 Å². The fourth-order valence-electron chi connectivity index (χ4n) is 2.51. The van der Waals surface area contributed by atoms with Crippen molar-refractivity contribution in [3.63, 3.8) is 0 Å². The lowest BCUT2D eigenvalue weighted by Crippen LogP contribution is -2.23. The molecule has 1 N–H and O–H groups in total. The minimum Gasteiger partial charge on any atom is -0.325 e. The fourth-order valence-corrected chi connectivity index (χ4v) is 3.36. The van der Waals surface area contributed by atoms with Crippen molar-refractivity contribution in [1.29, 1.82) is 5.26 Å². The quantitative estimate of drug-likeness (QED) is 0.490. The van der Waals surface area contributed by atoms with Crippen molar-refractivity contribution in [3.8, 4) is 17.5 Å². The van der Waals surface area contributed by atoms with Crippen molar-refractivity contribution in [2.24, 2.45) is 0 Å². The highest BCUT2D eigenvalue weighted by molar-refractivity contribution is 8.00. The Hall–Kier alpha value is -3.44. The molecule has 0 radical (unpaired) electrons. The number of pyridine rings is 1. The van der Waals surface area contributed by atoms with Crippen LogP contribution in [0.3, 0.4) is 0 Å². The number of nitriles is 1. The van der Waals surface area contributed by atoms with E-state index in [-0.39, 0.29) is 5.91 Å². The third kappa shape index (κ3) is 4.45. The number of thioether (sulfide) groups is 1. The number of amides is 1. The number of hydrogen-bond acceptors (Lipinski definition) is 6. The van der Waals surface area contributed by atoms with Crippen molar-refractivity contribution < 1.29 is 4.79 Å². The lowest BCUT2D eigenvalue weighted by molar-refractivity contribution is -0.115. The smallest absolute Gasteiger partial charge is 0.237 e. The molecule has 1 amide bonds. The molecule has 28 heavy (non-hydrogen) atoms. The third-order valence-electron chi connectivity index (χ3n) is 3.88. The molecule has 7 nitrogen and oxygen atoms in total. The highest BCUT2D eigenvalue weighted by Gasteiger charge is 2.20. The molecule has 2 aromatic heterocycles. The zero-order valence-corrected chi connectivity index (χ0v) is 16.1. The van der Waals surface area contributed by atoms with Crippen LogP contribution < -0.4 is 5.32 Å². The van der Waals surface area contributed by atoms with Crippen LogP contribution in [0.5, 0.6) is 0 Å². The monoisotopic (exact) mass is 390 g/mol. The zero-order chi connectivity index (χ0) is 19.9. The third-order valence-corrected chi connectivity index (χ3v) is 4.96. The first-order chi connectivity index (χ1) is 13.6. The van der Waals surface area contributed by atoms with Crippen molar-refractivity contribution in [2.45, 2.75) is 23.9 Å². The number of carbonyl (C=O) groups excluding carboxylic acids is 1. The SMILES string of the molecule is C=CCn1c(SC(C)C(=O)Nc2cccc(C#N)c2)nnc1-c1ccncc1. The summed E-state index contributed by atoms with van der Waals surface area (Å²) in [4.78, 5) is 16.6. The second-order valence-electron chi connectivity index (χ2n) is 5.88. The van der Waals surface area contributed by atoms with E-state index in [1.54, 1.807) is 49.7 Å². The van der Waals surface area contributed by atoms with Crippen LogP contribution in [0.4, 0.5) is 5.69 Å². The normalized spacial score (nSPS) is 11.4. The number of nitrogens with zero attached hydrogens (tertiary/aromatic N) is 5. The van der Waals surface area contributed by atoms with Gasteiger partial charge < -0.3 is 5.32 Å². The molecule has 0 aliphatic rings. The first kappa shape index (κ1) is 19.3. The Balaban J connectivity index is 1.77. The highest BCUT2D eigenvalue weighted by Crippen LogP contribution is 2.27. The molecule has 1 atom stereocenters. The second kappa shape index (κ2) is 8.97. The maximum absolute atomic E-state index is 12.6. The lowest BCUT2D eigenvalue weighted by atomic mass is 10.2. The van der Waals surface area contributed by atoms with E-state index in [9.17, 15) is 4.79 Å². The number of carbonyl (C=O) groups is 1. The topological polar surface area (TPSA) is 96.5 Å². The van der Waals surface area contributed by atoms with Crippen LogP contribution in [0.15, 0.2) is 66.6 Å². The number of rotatable bonds is 7. The van der Waals surface area contributed by atoms with Crippen molar-refractivity contribution in [1.82, 2.24) is 19.7 Å². The molecule has 0 bridgehead atoms. The number of aromatic nitrogens is 4. The zero-order valence-electron chi connectivity index (χ0n) is 15.2. The molecule has 0 aliphatic heterocycles. The Kier molecular flexibility index (Phi) is 6.19. The van der Waals surface area contributed by atoms with Gasteiger partial charge in [-0.2, -0.15) is 5.26 Å². The minimum atomic E-state index is -0.413. The van der Waals surface area contributed by atoms with Crippen LogP contribution >= 0.6 is 11.8 Å². The molecular weight excluding hydrogens is 372 g/mol. The summed E-state index contributed by atoms with van der Waals surface area (Å²) in [5, 5.41) is 20.5. The van der Waals surface area contributed by atoms with Crippen LogP contribution in [0.25, 0.3) is 11.4 Å². The molecule has 0 spiro atoms. The maximum atomic E-state index is 12.6. The largest absolute Gasteiger partial charge is 0.325 e. The number of benzene rings is 1. The van der Waals surface area contributed by atoms with Gasteiger partial charge in [-0.15, -0.1) is 16.8 Å². The average Bonchev–Trinajstić information content (AvgIpc) is 3.11. The van der Waals surface area contributed by atoms with E-state index >= 15 is 0 Å². The Bertz CT molecular complexity index is 1020. The van der Waals surface area contributed by atoms with Gasteiger partial charge in [0.05, 0.1) is 16.9 Å². The molecule has 0 aliphatic carbocycles. The lowest BCUT2D eigenvalue weighted by Gasteiger charge is -2.13. The van der Waals surface area contributed by atoms with Gasteiger partial charge in [0.15, 0.2) is 11.0 Å². The summed E-state index contributed by atoms with van der Waals surface area (Å²) < 4.78 is 1.91. The van der Waals surface area contributed by atoms with Gasteiger partial charge in [0, 0.05) is 30.2 Å². The van der Waals surface area contributed by atoms with Gasteiger partial charge in [-0.05, 0) is 37.3 Å². The summed E-state index contributed by atoms with van der Waals surface area (Å²) in [6.45, 7) is 6.11. The molecule has 2 heterocycles. The second-order valence-corrected chi connectivity index (χ2v) is 7.19. The van der Waals surface area contributed by atoms with Crippen LogP contribution in [0.2, 0.25) is 0 Å². The van der Waals surface area contributed by atoms with Gasteiger partial charge in [0.1, 0.15) is 0 Å². The van der Waals surface area contributed by atoms with Crippen molar-refractivity contribution >= 4 is 23.4 Å². The van der Waals surface area contributed by atoms with E-state index < -0.39 is 5.25 Å². The fraction of sp³-hybridized carbons (Fsp3) is 0.150. The summed E-state index contributed by atoms with van der Waals surface area (Å²) >= 11 is 1.31. The van der Waals surface area contributed by atoms with Crippen molar-refractivity contribution in [3.05, 3.63) is 67.0 Å². The van der Waals surface area contributed by atoms with Gasteiger partial charge in [0.2, 0.25) is 5.91 Å². The number of hydrogen-bond donors (Lipinski definition) is 1. The Morgan fingerprint density at radius 2 is 2.14 bits per heavy atom. The summed E-state index contributed by atoms with van der Waals surface area (Å²) in [6.07, 6.45) is 5.15. The van der Waals surface area contributed by atoms with Crippen LogP contribution in [-0.2, 0) is 11.3 Å². The van der Waals surface area contributed by atoms with Gasteiger partial charge in [-0.1, -0.05) is 23.9 Å². The minimum absolute atomic E-state index is 0.182. The number of allylic oxidation sites excluding steroid dienone is 1. The summed E-state index contributed by atoms with van der Waals surface area (Å²) in [7, 11) is 0. The highest BCUT2D eigenvalue weighted by atomic mass is 32.2. The molecular formula is C20H18N6OS. The maximum Gasteiger partial charge on any atom is 0.237 e. The molecule has 1 aromatic carbocycles. The summed E-state index contributed by atoms with van der Waals surface area (Å²) in [6, 6.07) is 12.6. The van der Waals surface area contributed by atoms with Gasteiger partial charge in [0.25, 0.3) is 0 Å². The predicted molar refractivity (Wildman–Crippen MR) is 109 cm³/mol. The molecule has 0 saturated carbocycles. The molecule has 0 saturated heterocycles. The molecule has 3 aromatic rings. The van der Waals surface area contributed by atoms with E-state index in [2.05, 4.69) is 33.1 Å². The Morgan fingerprint density at radius 1 is 1.36 bits per heavy atom. The van der Waals surface area contributed by atoms with E-state index in [4.69, 9.17) is 5.26 Å². The molecule has 0 fully saturated rings. The van der Waals surface area contributed by atoms with Crippen LogP contribution in [-0.4, -0.2) is 30.9 Å². The van der Waals surface area contributed by atoms with Gasteiger partial charge >= 0.3 is 0 Å². The molecule has 1 unspecified atom stereocenters. The van der Waals surface area contributed by atoms with Gasteiger partial charge in [-0.25, -0.2) is 0 Å². The van der Waals surface area contributed by atoms with E-state index in [0.717, 1.165) is 5.56 Å². The van der Waals surface area contributed by atoms with E-state index in [1.165, 1.54) is 11.8 Å². The van der Waals surface area contributed by atoms with Crippen LogP contribution in [0, 0.1) is 11.3 Å². The van der Waals surface area contributed by atoms with Crippen LogP contribution in [0.1, 0.15) is 12.5 Å². The number of nitrogens with one attached hydrogen (secondary N) is 1. The summed E-state index contributed by atoms with van der Waals surface area (Å²) in [5.41, 5.74) is 1.97. The molecule has 3 rings (SSSR count). The standard InChI is InChI=1S/C20H18N6OS/c1-3-11-26-18(16-7-9-22-10-8-16)24-25-20(26)28-14(2)19(27)23-17-6-4-5-15(12-17)13-21/h3-10,12,14H,1,11H2,2H3,(H,23,27). The predicted octanol–water partition coefficient (Wildman–Crippen LogP) is 3.52. The Labute approximate surface area is 167 Å². The van der Waals surface area contributed by atoms with E-state index in [1.807, 2.05) is 16.7 Å². The first-order valence-corrected chi connectivity index (χ1v) is 9.42. The molecule has 8 heteroatoms. The molecule has 140 valence electrons. The number of anilines is 1. The summed E-state index contributed by atoms with van der Waals surface area (Å²) in [5.74, 6) is 0.512. The first-order valence-electron chi connectivity index (χ1n) is 8.54.